The maximum absolute atomic E-state index is 12.3. The smallest absolute Gasteiger partial charge is 0.343 e. The number of hydrogen-bond donors (Lipinski definition) is 1. The summed E-state index contributed by atoms with van der Waals surface area (Å²) in [5.41, 5.74) is 0.451. The van der Waals surface area contributed by atoms with Crippen LogP contribution in [0.4, 0.5) is 0 Å². The zero-order valence-corrected chi connectivity index (χ0v) is 16.6. The van der Waals surface area contributed by atoms with Crippen molar-refractivity contribution in [3.05, 3.63) is 56.5 Å². The molecule has 1 N–H and O–H groups in total. The van der Waals surface area contributed by atoms with Crippen LogP contribution < -0.4 is 9.47 Å². The van der Waals surface area contributed by atoms with Crippen molar-refractivity contribution < 1.29 is 24.2 Å². The molecule has 0 saturated carbocycles. The maximum atomic E-state index is 12.3. The fourth-order valence-electron chi connectivity index (χ4n) is 1.95. The number of esters is 1. The molecule has 25 heavy (non-hydrogen) atoms. The first-order valence-electron chi connectivity index (χ1n) is 7.59. The van der Waals surface area contributed by atoms with Gasteiger partial charge in [0.25, 0.3) is 0 Å². The van der Waals surface area contributed by atoms with Gasteiger partial charge < -0.3 is 14.6 Å². The molecular weight excluding hydrogens is 456 g/mol. The van der Waals surface area contributed by atoms with Gasteiger partial charge in [-0.05, 0) is 74.7 Å². The van der Waals surface area contributed by atoms with Gasteiger partial charge in [0.2, 0.25) is 0 Å². The molecule has 0 aromatic heterocycles. The molecule has 0 amide bonds. The molecule has 0 heterocycles. The second-order valence-electron chi connectivity index (χ2n) is 5.19. The van der Waals surface area contributed by atoms with Crippen LogP contribution >= 0.6 is 31.9 Å². The van der Waals surface area contributed by atoms with Crippen LogP contribution in [-0.2, 0) is 0 Å². The molecule has 2 aromatic carbocycles. The zero-order chi connectivity index (χ0) is 18.4. The number of hydrogen-bond acceptors (Lipinski definition) is 4. The lowest BCUT2D eigenvalue weighted by molar-refractivity contribution is 0.0696. The summed E-state index contributed by atoms with van der Waals surface area (Å²) < 4.78 is 12.0. The highest BCUT2D eigenvalue weighted by Crippen LogP contribution is 2.29. The molecule has 0 saturated heterocycles. The Morgan fingerprint density at radius 3 is 2.20 bits per heavy atom. The van der Waals surface area contributed by atoms with Crippen molar-refractivity contribution in [1.82, 2.24) is 0 Å². The summed E-state index contributed by atoms with van der Waals surface area (Å²) in [5, 5.41) is 8.95. The van der Waals surface area contributed by atoms with E-state index in [0.29, 0.717) is 26.9 Å². The summed E-state index contributed by atoms with van der Waals surface area (Å²) in [6.07, 6.45) is 1.99. The van der Waals surface area contributed by atoms with Gasteiger partial charge in [0.15, 0.2) is 0 Å². The van der Waals surface area contributed by atoms with E-state index in [1.165, 1.54) is 18.2 Å². The Bertz CT molecular complexity index is 789. The fourth-order valence-corrected chi connectivity index (χ4v) is 2.90. The Morgan fingerprint density at radius 2 is 1.60 bits per heavy atom. The van der Waals surface area contributed by atoms with E-state index < -0.39 is 11.9 Å². The number of rotatable bonds is 7. The lowest BCUT2D eigenvalue weighted by atomic mass is 10.2. The van der Waals surface area contributed by atoms with Crippen molar-refractivity contribution in [1.29, 1.82) is 0 Å². The van der Waals surface area contributed by atoms with Gasteiger partial charge in [-0.2, -0.15) is 0 Å². The molecule has 7 heteroatoms. The average Bonchev–Trinajstić information content (AvgIpc) is 2.58. The van der Waals surface area contributed by atoms with Gasteiger partial charge in [0.1, 0.15) is 11.5 Å². The van der Waals surface area contributed by atoms with Crippen LogP contribution in [0.25, 0.3) is 0 Å². The molecule has 0 atom stereocenters. The van der Waals surface area contributed by atoms with E-state index in [-0.39, 0.29) is 11.3 Å². The molecular formula is C18H16Br2O5. The van der Waals surface area contributed by atoms with Crippen molar-refractivity contribution in [2.24, 2.45) is 0 Å². The molecule has 0 bridgehead atoms. The Morgan fingerprint density at radius 1 is 1.00 bits per heavy atom. The first-order valence-corrected chi connectivity index (χ1v) is 9.18. The lowest BCUT2D eigenvalue weighted by Gasteiger charge is -2.10. The van der Waals surface area contributed by atoms with Crippen LogP contribution in [-0.4, -0.2) is 23.7 Å². The van der Waals surface area contributed by atoms with Gasteiger partial charge in [0.05, 0.1) is 26.7 Å². The number of ether oxygens (including phenoxy) is 2. The first kappa shape index (κ1) is 19.5. The Labute approximate surface area is 162 Å². The van der Waals surface area contributed by atoms with Gasteiger partial charge in [-0.1, -0.05) is 13.3 Å². The van der Waals surface area contributed by atoms with Gasteiger partial charge in [0, 0.05) is 0 Å². The normalized spacial score (nSPS) is 10.4. The number of carboxylic acid groups (broad SMARTS) is 1. The van der Waals surface area contributed by atoms with Crippen molar-refractivity contribution in [3.63, 3.8) is 0 Å². The summed E-state index contributed by atoms with van der Waals surface area (Å²) in [7, 11) is 0. The fraction of sp³-hybridized carbons (Fsp3) is 0.222. The van der Waals surface area contributed by atoms with Crippen LogP contribution in [0, 0.1) is 0 Å². The summed E-state index contributed by atoms with van der Waals surface area (Å²) in [4.78, 5) is 23.2. The number of carbonyl (C=O) groups excluding carboxylic acids is 1. The topological polar surface area (TPSA) is 72.8 Å². The third kappa shape index (κ3) is 5.31. The number of unbranched alkanes of at least 4 members (excludes halogenated alkanes) is 1. The molecule has 0 aliphatic rings. The predicted octanol–water partition coefficient (Wildman–Crippen LogP) is 5.31. The van der Waals surface area contributed by atoms with Crippen LogP contribution in [0.3, 0.4) is 0 Å². The first-order chi connectivity index (χ1) is 11.9. The maximum Gasteiger partial charge on any atom is 0.343 e. The molecule has 0 aliphatic heterocycles. The summed E-state index contributed by atoms with van der Waals surface area (Å²) in [6, 6.07) is 9.14. The second-order valence-corrected chi connectivity index (χ2v) is 6.90. The molecule has 0 unspecified atom stereocenters. The van der Waals surface area contributed by atoms with Crippen molar-refractivity contribution in [3.8, 4) is 11.5 Å². The summed E-state index contributed by atoms with van der Waals surface area (Å²) >= 11 is 6.59. The lowest BCUT2D eigenvalue weighted by Crippen LogP contribution is -2.09. The largest absolute Gasteiger partial charge is 0.492 e. The van der Waals surface area contributed by atoms with E-state index in [1.54, 1.807) is 18.2 Å². The highest BCUT2D eigenvalue weighted by molar-refractivity contribution is 9.10. The average molecular weight is 472 g/mol. The molecule has 2 rings (SSSR count). The van der Waals surface area contributed by atoms with E-state index in [4.69, 9.17) is 14.6 Å². The van der Waals surface area contributed by atoms with Crippen LogP contribution in [0.1, 0.15) is 40.5 Å². The number of halogens is 2. The minimum absolute atomic E-state index is 0.1000. The van der Waals surface area contributed by atoms with Gasteiger partial charge in [-0.15, -0.1) is 0 Å². The van der Waals surface area contributed by atoms with Gasteiger partial charge >= 0.3 is 11.9 Å². The molecule has 132 valence electrons. The SMILES string of the molecule is CCCCOc1ccc(C(=O)Oc2ccc(C(=O)O)cc2Br)cc1Br. The van der Waals surface area contributed by atoms with Crippen LogP contribution in [0.5, 0.6) is 11.5 Å². The molecule has 0 radical (unpaired) electrons. The van der Waals surface area contributed by atoms with Crippen LogP contribution in [0.2, 0.25) is 0 Å². The third-order valence-electron chi connectivity index (χ3n) is 3.30. The van der Waals surface area contributed by atoms with E-state index in [0.717, 1.165) is 12.8 Å². The van der Waals surface area contributed by atoms with E-state index in [1.807, 2.05) is 0 Å². The Balaban J connectivity index is 2.10. The van der Waals surface area contributed by atoms with Gasteiger partial charge in [-0.25, -0.2) is 9.59 Å². The van der Waals surface area contributed by atoms with E-state index in [2.05, 4.69) is 38.8 Å². The van der Waals surface area contributed by atoms with Crippen molar-refractivity contribution in [2.45, 2.75) is 19.8 Å². The highest BCUT2D eigenvalue weighted by Gasteiger charge is 2.14. The molecule has 0 aliphatic carbocycles. The molecule has 0 fully saturated rings. The minimum atomic E-state index is -1.05. The number of benzene rings is 2. The highest BCUT2D eigenvalue weighted by atomic mass is 79.9. The minimum Gasteiger partial charge on any atom is -0.492 e. The van der Waals surface area contributed by atoms with E-state index in [9.17, 15) is 9.59 Å². The number of carbonyl (C=O) groups is 2. The molecule has 2 aromatic rings. The number of carboxylic acids is 1. The van der Waals surface area contributed by atoms with E-state index >= 15 is 0 Å². The summed E-state index contributed by atoms with van der Waals surface area (Å²) in [5.74, 6) is -0.697. The third-order valence-corrected chi connectivity index (χ3v) is 4.54. The number of aromatic carboxylic acids is 1. The van der Waals surface area contributed by atoms with Crippen molar-refractivity contribution >= 4 is 43.8 Å². The monoisotopic (exact) mass is 470 g/mol. The zero-order valence-electron chi connectivity index (χ0n) is 13.4. The quantitative estimate of drug-likeness (QED) is 0.336. The van der Waals surface area contributed by atoms with Crippen molar-refractivity contribution in [2.75, 3.05) is 6.61 Å². The van der Waals surface area contributed by atoms with Gasteiger partial charge in [-0.3, -0.25) is 0 Å². The Hall–Kier alpha value is -1.86. The molecule has 5 nitrogen and oxygen atoms in total. The van der Waals surface area contributed by atoms with Crippen LogP contribution in [0.15, 0.2) is 45.3 Å². The Kier molecular flexibility index (Phi) is 7.01. The molecule has 0 spiro atoms. The second kappa shape index (κ2) is 9.01. The standard InChI is InChI=1S/C18H16Br2O5/c1-2-3-8-24-15-6-5-12(10-13(15)19)18(23)25-16-7-4-11(17(21)22)9-14(16)20/h4-7,9-10H,2-3,8H2,1H3,(H,21,22). The summed E-state index contributed by atoms with van der Waals surface area (Å²) in [6.45, 7) is 2.69. The predicted molar refractivity (Wildman–Crippen MR) is 101 cm³/mol.